The lowest BCUT2D eigenvalue weighted by molar-refractivity contribution is 0.0566. The van der Waals surface area contributed by atoms with E-state index in [9.17, 15) is 13.2 Å². The summed E-state index contributed by atoms with van der Waals surface area (Å²) in [5.74, 6) is 0.0886. The Morgan fingerprint density at radius 2 is 2.21 bits per heavy atom. The standard InChI is InChI=1S/C22H19ClF3N7S/c1-28-10-22(27)7-16-17(12-8-30-33(9-12)21(25)26)18(14-3-2-13(24)6-15(14)23)31-19(32(16)11-22)20-29-4-5-34-20/h2-6,8-9,18,21H,1,7,10-11,27H2/t18-,22-/m0/s1. The third kappa shape index (κ3) is 3.93. The Balaban J connectivity index is 1.75. The van der Waals surface area contributed by atoms with Gasteiger partial charge in [0, 0.05) is 52.6 Å². The van der Waals surface area contributed by atoms with Crippen molar-refractivity contribution in [3.63, 3.8) is 0 Å². The summed E-state index contributed by atoms with van der Waals surface area (Å²) in [6.07, 6.45) is 4.69. The van der Waals surface area contributed by atoms with Gasteiger partial charge in [-0.3, -0.25) is 9.98 Å². The maximum atomic E-state index is 13.8. The molecule has 2 aromatic heterocycles. The SMILES string of the molecule is C=NC[C@@]1(N)CC2=C(c3cnn(C(F)F)c3)[C@H](c3ccc(F)cc3Cl)N=C(c3nccs3)N2C1. The van der Waals surface area contributed by atoms with Gasteiger partial charge in [0.25, 0.3) is 0 Å². The molecule has 0 radical (unpaired) electrons. The Hall–Kier alpha value is -3.02. The van der Waals surface area contributed by atoms with Gasteiger partial charge in [-0.05, 0) is 24.4 Å². The van der Waals surface area contributed by atoms with Crippen molar-refractivity contribution in [3.8, 4) is 0 Å². The number of fused-ring (bicyclic) bond motifs is 1. The van der Waals surface area contributed by atoms with Crippen LogP contribution in [0.3, 0.4) is 0 Å². The Kier molecular flexibility index (Phi) is 5.78. The second kappa shape index (κ2) is 8.64. The first-order valence-corrected chi connectivity index (χ1v) is 11.5. The summed E-state index contributed by atoms with van der Waals surface area (Å²) in [5, 5.41) is 6.48. The molecule has 5 rings (SSSR count). The first-order chi connectivity index (χ1) is 16.3. The second-order valence-electron chi connectivity index (χ2n) is 8.21. The number of hydrogen-bond acceptors (Lipinski definition) is 7. The van der Waals surface area contributed by atoms with Crippen LogP contribution >= 0.6 is 22.9 Å². The first-order valence-electron chi connectivity index (χ1n) is 10.3. The number of halogens is 4. The number of thiazole rings is 1. The zero-order valence-corrected chi connectivity index (χ0v) is 19.3. The summed E-state index contributed by atoms with van der Waals surface area (Å²) in [7, 11) is 0. The largest absolute Gasteiger partial charge is 0.333 e. The lowest BCUT2D eigenvalue weighted by Gasteiger charge is -2.32. The summed E-state index contributed by atoms with van der Waals surface area (Å²) in [6.45, 7) is 1.46. The Morgan fingerprint density at radius 3 is 2.85 bits per heavy atom. The number of aliphatic imine (C=N–C) groups is 2. The maximum absolute atomic E-state index is 13.8. The van der Waals surface area contributed by atoms with E-state index in [1.165, 1.54) is 35.9 Å². The van der Waals surface area contributed by atoms with Crippen LogP contribution in [0.25, 0.3) is 5.57 Å². The van der Waals surface area contributed by atoms with Crippen LogP contribution < -0.4 is 5.73 Å². The molecule has 3 aromatic rings. The van der Waals surface area contributed by atoms with Gasteiger partial charge >= 0.3 is 6.55 Å². The van der Waals surface area contributed by atoms with Crippen molar-refractivity contribution >= 4 is 41.1 Å². The molecule has 7 nitrogen and oxygen atoms in total. The molecule has 0 amide bonds. The highest BCUT2D eigenvalue weighted by molar-refractivity contribution is 7.11. The molecule has 2 N–H and O–H groups in total. The molecule has 0 aliphatic carbocycles. The number of aromatic nitrogens is 3. The summed E-state index contributed by atoms with van der Waals surface area (Å²) in [6, 6.07) is 3.33. The van der Waals surface area contributed by atoms with Gasteiger partial charge in [0.1, 0.15) is 11.9 Å². The molecule has 0 spiro atoms. The Bertz CT molecular complexity index is 1300. The van der Waals surface area contributed by atoms with E-state index in [1.807, 2.05) is 10.3 Å². The van der Waals surface area contributed by atoms with Crippen LogP contribution in [-0.2, 0) is 0 Å². The molecule has 2 atom stereocenters. The minimum Gasteiger partial charge on any atom is -0.326 e. The Morgan fingerprint density at radius 1 is 1.38 bits per heavy atom. The number of hydrogen-bond donors (Lipinski definition) is 1. The predicted octanol–water partition coefficient (Wildman–Crippen LogP) is 4.54. The topological polar surface area (TPSA) is 84.7 Å². The van der Waals surface area contributed by atoms with Crippen molar-refractivity contribution in [1.82, 2.24) is 19.7 Å². The van der Waals surface area contributed by atoms with Gasteiger partial charge in [-0.25, -0.2) is 14.1 Å². The number of nitrogens with two attached hydrogens (primary N) is 1. The van der Waals surface area contributed by atoms with Gasteiger partial charge in [0.15, 0.2) is 10.8 Å². The van der Waals surface area contributed by atoms with Gasteiger partial charge in [-0.2, -0.15) is 13.9 Å². The quantitative estimate of drug-likeness (QED) is 0.498. The number of alkyl halides is 2. The predicted molar refractivity (Wildman–Crippen MR) is 126 cm³/mol. The fourth-order valence-corrected chi connectivity index (χ4v) is 5.35. The van der Waals surface area contributed by atoms with Crippen molar-refractivity contribution in [2.24, 2.45) is 15.7 Å². The van der Waals surface area contributed by atoms with Crippen LogP contribution in [0.5, 0.6) is 0 Å². The van der Waals surface area contributed by atoms with Gasteiger partial charge < -0.3 is 10.6 Å². The normalized spacial score (nSPS) is 22.4. The van der Waals surface area contributed by atoms with E-state index in [-0.39, 0.29) is 5.02 Å². The minimum atomic E-state index is -2.80. The number of amidine groups is 1. The summed E-state index contributed by atoms with van der Waals surface area (Å²) < 4.78 is 41.1. The zero-order chi connectivity index (χ0) is 24.0. The van der Waals surface area contributed by atoms with Crippen LogP contribution in [0.1, 0.15) is 35.1 Å². The van der Waals surface area contributed by atoms with Crippen molar-refractivity contribution in [3.05, 3.63) is 74.8 Å². The molecular formula is C22H19ClF3N7S. The summed E-state index contributed by atoms with van der Waals surface area (Å²) >= 11 is 7.85. The molecule has 2 aliphatic rings. The average Bonchev–Trinajstić information content (AvgIpc) is 3.53. The minimum absolute atomic E-state index is 0.171. The van der Waals surface area contributed by atoms with E-state index in [2.05, 4.69) is 21.8 Å². The van der Waals surface area contributed by atoms with E-state index in [4.69, 9.17) is 22.3 Å². The number of rotatable bonds is 6. The number of benzene rings is 1. The Labute approximate surface area is 202 Å². The molecule has 34 heavy (non-hydrogen) atoms. The monoisotopic (exact) mass is 505 g/mol. The highest BCUT2D eigenvalue weighted by atomic mass is 35.5. The van der Waals surface area contributed by atoms with Crippen LogP contribution in [0.4, 0.5) is 13.2 Å². The molecule has 12 heteroatoms. The summed E-state index contributed by atoms with van der Waals surface area (Å²) in [4.78, 5) is 15.3. The zero-order valence-electron chi connectivity index (χ0n) is 17.7. The van der Waals surface area contributed by atoms with Crippen LogP contribution in [-0.4, -0.2) is 50.8 Å². The van der Waals surface area contributed by atoms with Crippen LogP contribution in [0.2, 0.25) is 5.02 Å². The van der Waals surface area contributed by atoms with E-state index in [1.54, 1.807) is 12.3 Å². The van der Waals surface area contributed by atoms with E-state index < -0.39 is 23.9 Å². The van der Waals surface area contributed by atoms with Crippen LogP contribution in [0.15, 0.2) is 57.9 Å². The average molecular weight is 506 g/mol. The molecule has 1 fully saturated rings. The van der Waals surface area contributed by atoms with E-state index in [0.717, 1.165) is 5.70 Å². The third-order valence-electron chi connectivity index (χ3n) is 5.83. The smallest absolute Gasteiger partial charge is 0.326 e. The molecule has 2 aliphatic heterocycles. The molecule has 0 saturated carbocycles. The van der Waals surface area contributed by atoms with Crippen molar-refractivity contribution in [1.29, 1.82) is 0 Å². The fraction of sp³-hybridized carbons (Fsp3) is 0.273. The summed E-state index contributed by atoms with van der Waals surface area (Å²) in [5.41, 5.74) is 8.31. The molecule has 176 valence electrons. The molecule has 1 aromatic carbocycles. The van der Waals surface area contributed by atoms with Crippen molar-refractivity contribution in [2.75, 3.05) is 13.1 Å². The number of nitrogens with zero attached hydrogens (tertiary/aromatic N) is 6. The van der Waals surface area contributed by atoms with E-state index in [0.29, 0.717) is 51.7 Å². The first kappa shape index (κ1) is 22.8. The molecule has 0 unspecified atom stereocenters. The molecule has 1 saturated heterocycles. The highest BCUT2D eigenvalue weighted by Gasteiger charge is 2.45. The van der Waals surface area contributed by atoms with Crippen molar-refractivity contribution < 1.29 is 13.2 Å². The second-order valence-corrected chi connectivity index (χ2v) is 9.51. The van der Waals surface area contributed by atoms with Crippen LogP contribution in [0, 0.1) is 5.82 Å². The van der Waals surface area contributed by atoms with Gasteiger partial charge in [-0.15, -0.1) is 11.3 Å². The molecular weight excluding hydrogens is 487 g/mol. The van der Waals surface area contributed by atoms with Gasteiger partial charge in [-0.1, -0.05) is 17.7 Å². The highest BCUT2D eigenvalue weighted by Crippen LogP contribution is 2.48. The maximum Gasteiger partial charge on any atom is 0.333 e. The third-order valence-corrected chi connectivity index (χ3v) is 6.93. The molecule has 0 bridgehead atoms. The molecule has 4 heterocycles. The van der Waals surface area contributed by atoms with E-state index >= 15 is 0 Å². The lowest BCUT2D eigenvalue weighted by atomic mass is 9.89. The van der Waals surface area contributed by atoms with Gasteiger partial charge in [0.05, 0.1) is 18.3 Å². The van der Waals surface area contributed by atoms with Gasteiger partial charge in [0.2, 0.25) is 0 Å². The fourth-order valence-electron chi connectivity index (χ4n) is 4.44. The van der Waals surface area contributed by atoms with Crippen molar-refractivity contribution in [2.45, 2.75) is 24.6 Å². The lowest BCUT2D eigenvalue weighted by Crippen LogP contribution is -2.46.